The molecule has 3 saturated heterocycles. The minimum atomic E-state index is -4.43. The van der Waals surface area contributed by atoms with Crippen LogP contribution in [0.4, 0.5) is 13.2 Å². The van der Waals surface area contributed by atoms with Crippen molar-refractivity contribution in [3.05, 3.63) is 28.9 Å². The highest BCUT2D eigenvalue weighted by Crippen LogP contribution is 2.38. The van der Waals surface area contributed by atoms with Crippen LogP contribution in [0.2, 0.25) is 0 Å². The fraction of sp³-hybridized carbons (Fsp3) is 0.529. The molecule has 5 rings (SSSR count). The van der Waals surface area contributed by atoms with Crippen LogP contribution in [0, 0.1) is 5.92 Å². The van der Waals surface area contributed by atoms with Crippen molar-refractivity contribution in [3.63, 3.8) is 0 Å². The first kappa shape index (κ1) is 16.8. The van der Waals surface area contributed by atoms with Gasteiger partial charge >= 0.3 is 6.18 Å². The molecule has 0 saturated carbocycles. The number of alkyl halides is 3. The molecule has 134 valence electrons. The lowest BCUT2D eigenvalue weighted by Crippen LogP contribution is -2.62. The highest BCUT2D eigenvalue weighted by atomic mass is 32.1. The van der Waals surface area contributed by atoms with E-state index >= 15 is 0 Å². The average molecular weight is 369 g/mol. The van der Waals surface area contributed by atoms with Gasteiger partial charge in [-0.3, -0.25) is 9.69 Å². The summed E-state index contributed by atoms with van der Waals surface area (Å²) in [7, 11) is 0. The van der Waals surface area contributed by atoms with Crippen LogP contribution in [0.1, 0.15) is 35.8 Å². The van der Waals surface area contributed by atoms with Gasteiger partial charge in [-0.2, -0.15) is 13.2 Å². The third kappa shape index (κ3) is 2.91. The zero-order valence-electron chi connectivity index (χ0n) is 13.6. The summed E-state index contributed by atoms with van der Waals surface area (Å²) in [5.41, 5.74) is -0.666. The molecule has 5 heterocycles. The van der Waals surface area contributed by atoms with Crippen molar-refractivity contribution in [2.75, 3.05) is 13.1 Å². The summed E-state index contributed by atoms with van der Waals surface area (Å²) in [4.78, 5) is 19.0. The lowest BCUT2D eigenvalue weighted by molar-refractivity contribution is -0.136. The van der Waals surface area contributed by atoms with Gasteiger partial charge < -0.3 is 5.32 Å². The van der Waals surface area contributed by atoms with Crippen LogP contribution in [0.3, 0.4) is 0 Å². The number of aromatic nitrogens is 1. The van der Waals surface area contributed by atoms with E-state index in [4.69, 9.17) is 0 Å². The van der Waals surface area contributed by atoms with E-state index in [1.807, 2.05) is 0 Å². The quantitative estimate of drug-likeness (QED) is 0.881. The van der Waals surface area contributed by atoms with Crippen LogP contribution in [0.15, 0.2) is 17.6 Å². The number of amides is 1. The van der Waals surface area contributed by atoms with Gasteiger partial charge in [-0.1, -0.05) is 0 Å². The Morgan fingerprint density at radius 1 is 1.36 bits per heavy atom. The normalized spacial score (nSPS) is 29.1. The summed E-state index contributed by atoms with van der Waals surface area (Å²) in [5.74, 6) is 0.0337. The highest BCUT2D eigenvalue weighted by Gasteiger charge is 2.40. The number of nitrogens with zero attached hydrogens (tertiary/aromatic N) is 2. The molecule has 2 aromatic heterocycles. The van der Waals surface area contributed by atoms with Crippen LogP contribution in [0.25, 0.3) is 10.1 Å². The van der Waals surface area contributed by atoms with Crippen molar-refractivity contribution in [2.45, 2.75) is 38.0 Å². The van der Waals surface area contributed by atoms with Crippen LogP contribution >= 0.6 is 11.3 Å². The van der Waals surface area contributed by atoms with E-state index in [-0.39, 0.29) is 23.2 Å². The Hall–Kier alpha value is -1.67. The molecule has 25 heavy (non-hydrogen) atoms. The van der Waals surface area contributed by atoms with Gasteiger partial charge in [0, 0.05) is 29.0 Å². The van der Waals surface area contributed by atoms with Crippen LogP contribution < -0.4 is 5.32 Å². The lowest BCUT2D eigenvalue weighted by atomic mass is 9.79. The molecule has 0 aromatic carbocycles. The average Bonchev–Trinajstić information content (AvgIpc) is 3.01. The second-order valence-corrected chi connectivity index (χ2v) is 7.74. The molecule has 2 bridgehead atoms. The van der Waals surface area contributed by atoms with Crippen LogP contribution in [-0.4, -0.2) is 41.0 Å². The zero-order valence-corrected chi connectivity index (χ0v) is 14.5. The molecule has 3 fully saturated rings. The number of hydrogen-bond acceptors (Lipinski definition) is 4. The number of halogens is 3. The molecule has 3 aliphatic heterocycles. The second kappa shape index (κ2) is 5.95. The Morgan fingerprint density at radius 2 is 2.08 bits per heavy atom. The Bertz CT molecular complexity index is 809. The summed E-state index contributed by atoms with van der Waals surface area (Å²) in [6.45, 7) is 4.19. The SMILES string of the molecule is CC1C(NC(=O)c2cc3c(C(F)(F)F)csc3cn2)C2CCN1CC2. The molecular formula is C17H18F3N3OS. The first-order valence-corrected chi connectivity index (χ1v) is 9.22. The van der Waals surface area contributed by atoms with Crippen molar-refractivity contribution in [3.8, 4) is 0 Å². The molecular weight excluding hydrogens is 351 g/mol. The largest absolute Gasteiger partial charge is 0.417 e. The molecule has 1 amide bonds. The third-order valence-corrected chi connectivity index (χ3v) is 6.41. The molecule has 0 aliphatic carbocycles. The Balaban J connectivity index is 1.60. The number of rotatable bonds is 2. The van der Waals surface area contributed by atoms with E-state index in [0.717, 1.165) is 42.6 Å². The van der Waals surface area contributed by atoms with Gasteiger partial charge in [0.15, 0.2) is 0 Å². The standard InChI is InChI=1S/C17H18F3N3OS/c1-9-15(10-2-4-23(9)5-3-10)22-16(24)13-6-11-12(17(18,19)20)8-25-14(11)7-21-13/h6-10,15H,2-5H2,1H3,(H,22,24). The maximum absolute atomic E-state index is 13.1. The number of fused-ring (bicyclic) bond motifs is 4. The van der Waals surface area contributed by atoms with Crippen molar-refractivity contribution >= 4 is 27.3 Å². The van der Waals surface area contributed by atoms with Gasteiger partial charge in [0.1, 0.15) is 5.69 Å². The van der Waals surface area contributed by atoms with Gasteiger partial charge in [-0.15, -0.1) is 11.3 Å². The molecule has 2 aromatic rings. The van der Waals surface area contributed by atoms with E-state index in [1.54, 1.807) is 0 Å². The number of nitrogens with one attached hydrogen (secondary N) is 1. The van der Waals surface area contributed by atoms with E-state index in [9.17, 15) is 18.0 Å². The maximum Gasteiger partial charge on any atom is 0.417 e. The molecule has 1 N–H and O–H groups in total. The van der Waals surface area contributed by atoms with Crippen molar-refractivity contribution in [1.82, 2.24) is 15.2 Å². The predicted octanol–water partition coefficient (Wildman–Crippen LogP) is 3.53. The van der Waals surface area contributed by atoms with Gasteiger partial charge in [0.25, 0.3) is 5.91 Å². The van der Waals surface area contributed by atoms with Crippen molar-refractivity contribution < 1.29 is 18.0 Å². The lowest BCUT2D eigenvalue weighted by Gasteiger charge is -2.49. The van der Waals surface area contributed by atoms with E-state index in [1.165, 1.54) is 12.3 Å². The minimum absolute atomic E-state index is 0.0251. The number of carbonyl (C=O) groups excluding carboxylic acids is 1. The smallest absolute Gasteiger partial charge is 0.346 e. The molecule has 4 nitrogen and oxygen atoms in total. The summed E-state index contributed by atoms with van der Waals surface area (Å²) in [6.07, 6.45) is -0.989. The molecule has 3 aliphatic rings. The summed E-state index contributed by atoms with van der Waals surface area (Å²) in [6, 6.07) is 1.53. The number of carbonyl (C=O) groups is 1. The number of piperidine rings is 3. The highest BCUT2D eigenvalue weighted by molar-refractivity contribution is 7.17. The van der Waals surface area contributed by atoms with Crippen molar-refractivity contribution in [1.29, 1.82) is 0 Å². The topological polar surface area (TPSA) is 45.2 Å². The van der Waals surface area contributed by atoms with Gasteiger partial charge in [0.2, 0.25) is 0 Å². The van der Waals surface area contributed by atoms with E-state index in [2.05, 4.69) is 22.1 Å². The molecule has 0 spiro atoms. The zero-order chi connectivity index (χ0) is 17.8. The van der Waals surface area contributed by atoms with Crippen molar-refractivity contribution in [2.24, 2.45) is 5.92 Å². The molecule has 2 atom stereocenters. The van der Waals surface area contributed by atoms with E-state index < -0.39 is 17.6 Å². The van der Waals surface area contributed by atoms with Crippen LogP contribution in [-0.2, 0) is 6.18 Å². The first-order valence-electron chi connectivity index (χ1n) is 8.34. The Kier molecular flexibility index (Phi) is 3.99. The van der Waals surface area contributed by atoms with Crippen LogP contribution in [0.5, 0.6) is 0 Å². The molecule has 0 radical (unpaired) electrons. The molecule has 2 unspecified atom stereocenters. The van der Waals surface area contributed by atoms with E-state index in [0.29, 0.717) is 10.6 Å². The summed E-state index contributed by atoms with van der Waals surface area (Å²) >= 11 is 0.986. The summed E-state index contributed by atoms with van der Waals surface area (Å²) in [5, 5.41) is 4.12. The number of thiophene rings is 1. The van der Waals surface area contributed by atoms with Gasteiger partial charge in [-0.05, 0) is 44.8 Å². The number of hydrogen-bond donors (Lipinski definition) is 1. The Labute approximate surface area is 147 Å². The third-order valence-electron chi connectivity index (χ3n) is 5.47. The predicted molar refractivity (Wildman–Crippen MR) is 89.6 cm³/mol. The summed E-state index contributed by atoms with van der Waals surface area (Å²) < 4.78 is 39.7. The first-order chi connectivity index (χ1) is 11.8. The Morgan fingerprint density at radius 3 is 2.72 bits per heavy atom. The monoisotopic (exact) mass is 369 g/mol. The number of pyridine rings is 1. The molecule has 8 heteroatoms. The maximum atomic E-state index is 13.1. The van der Waals surface area contributed by atoms with Gasteiger partial charge in [-0.25, -0.2) is 4.98 Å². The second-order valence-electron chi connectivity index (χ2n) is 6.83. The minimum Gasteiger partial charge on any atom is -0.346 e. The fourth-order valence-corrected chi connectivity index (χ4v) is 4.96. The fourth-order valence-electron chi connectivity index (χ4n) is 4.05. The van der Waals surface area contributed by atoms with Gasteiger partial charge in [0.05, 0.1) is 10.3 Å².